The van der Waals surface area contributed by atoms with Crippen molar-refractivity contribution < 1.29 is 0 Å². The molecule has 1 aliphatic heterocycles. The van der Waals surface area contributed by atoms with Gasteiger partial charge in [0.05, 0.1) is 10.6 Å². The Kier molecular flexibility index (Phi) is 2.30. The molecule has 0 saturated carbocycles. The van der Waals surface area contributed by atoms with Gasteiger partial charge in [0.25, 0.3) is 0 Å². The maximum Gasteiger partial charge on any atom is 0.109 e. The molecule has 1 heterocycles. The third-order valence-electron chi connectivity index (χ3n) is 2.75. The molecule has 70 valence electrons. The lowest BCUT2D eigenvalue weighted by Crippen LogP contribution is -2.48. The molecule has 0 aromatic carbocycles. The fourth-order valence-electron chi connectivity index (χ4n) is 1.58. The molecule has 3 heteroatoms. The van der Waals surface area contributed by atoms with E-state index in [9.17, 15) is 0 Å². The molecule has 0 unspecified atom stereocenters. The first-order valence-corrected chi connectivity index (χ1v) is 5.43. The van der Waals surface area contributed by atoms with Gasteiger partial charge >= 0.3 is 0 Å². The van der Waals surface area contributed by atoms with Crippen molar-refractivity contribution in [2.75, 3.05) is 13.3 Å². The highest BCUT2D eigenvalue weighted by Crippen LogP contribution is 2.36. The van der Waals surface area contributed by atoms with Gasteiger partial charge in [-0.1, -0.05) is 0 Å². The molecule has 2 nitrogen and oxygen atoms in total. The molecule has 0 spiro atoms. The zero-order valence-electron chi connectivity index (χ0n) is 8.80. The first kappa shape index (κ1) is 10.1. The van der Waals surface area contributed by atoms with E-state index in [1.165, 1.54) is 5.04 Å². The van der Waals surface area contributed by atoms with E-state index in [1.54, 1.807) is 11.8 Å². The second kappa shape index (κ2) is 2.74. The molecule has 1 rings (SSSR count). The molecule has 0 fully saturated rings. The largest absolute Gasteiger partial charge is 0.272 e. The number of hydrogen-bond acceptors (Lipinski definition) is 3. The summed E-state index contributed by atoms with van der Waals surface area (Å²) >= 11 is 1.75. The summed E-state index contributed by atoms with van der Waals surface area (Å²) < 4.78 is 0. The van der Waals surface area contributed by atoms with Crippen LogP contribution in [0.4, 0.5) is 0 Å². The standard InChI is InChI=1S/C9H18N2S/c1-8(2)7(12-6)10-9(3,4)11(8)5/h1-6H3. The van der Waals surface area contributed by atoms with Gasteiger partial charge in [-0.05, 0) is 41.0 Å². The average Bonchev–Trinajstić information content (AvgIpc) is 2.11. The second-order valence-electron chi connectivity index (χ2n) is 4.23. The number of aliphatic imine (C=N–C) groups is 1. The minimum absolute atomic E-state index is 0.0398. The van der Waals surface area contributed by atoms with Crippen molar-refractivity contribution in [3.63, 3.8) is 0 Å². The van der Waals surface area contributed by atoms with Crippen LogP contribution in [0.3, 0.4) is 0 Å². The van der Waals surface area contributed by atoms with Gasteiger partial charge in [0, 0.05) is 0 Å². The van der Waals surface area contributed by atoms with Crippen LogP contribution in [0.15, 0.2) is 4.99 Å². The van der Waals surface area contributed by atoms with Crippen LogP contribution in [-0.4, -0.2) is 34.4 Å². The molecule has 0 aromatic heterocycles. The van der Waals surface area contributed by atoms with Crippen LogP contribution in [0.2, 0.25) is 0 Å². The van der Waals surface area contributed by atoms with Crippen LogP contribution < -0.4 is 0 Å². The third kappa shape index (κ3) is 1.29. The van der Waals surface area contributed by atoms with Gasteiger partial charge < -0.3 is 0 Å². The molecule has 0 radical (unpaired) electrons. The molecule has 0 aliphatic carbocycles. The van der Waals surface area contributed by atoms with Crippen LogP contribution in [-0.2, 0) is 0 Å². The summed E-state index contributed by atoms with van der Waals surface area (Å²) in [6, 6.07) is 0. The summed E-state index contributed by atoms with van der Waals surface area (Å²) in [5.41, 5.74) is 0.0603. The van der Waals surface area contributed by atoms with Crippen molar-refractivity contribution in [2.24, 2.45) is 4.99 Å². The fraction of sp³-hybridized carbons (Fsp3) is 0.889. The molecule has 1 aliphatic rings. The Bertz CT molecular complexity index is 219. The monoisotopic (exact) mass is 186 g/mol. The lowest BCUT2D eigenvalue weighted by molar-refractivity contribution is 0.121. The van der Waals surface area contributed by atoms with Crippen molar-refractivity contribution in [1.82, 2.24) is 4.90 Å². The molecule has 0 amide bonds. The Hall–Kier alpha value is -0.0200. The number of hydrogen-bond donors (Lipinski definition) is 0. The van der Waals surface area contributed by atoms with Gasteiger partial charge in [0.15, 0.2) is 0 Å². The predicted molar refractivity (Wildman–Crippen MR) is 56.9 cm³/mol. The first-order valence-electron chi connectivity index (χ1n) is 4.20. The van der Waals surface area contributed by atoms with Gasteiger partial charge in [-0.15, -0.1) is 11.8 Å². The third-order valence-corrected chi connectivity index (χ3v) is 3.73. The van der Waals surface area contributed by atoms with E-state index in [1.807, 2.05) is 0 Å². The van der Waals surface area contributed by atoms with Crippen LogP contribution in [0, 0.1) is 0 Å². The Morgan fingerprint density at radius 2 is 1.75 bits per heavy atom. The summed E-state index contributed by atoms with van der Waals surface area (Å²) in [6.45, 7) is 8.74. The normalized spacial score (nSPS) is 27.3. The highest BCUT2D eigenvalue weighted by molar-refractivity contribution is 8.13. The van der Waals surface area contributed by atoms with Gasteiger partial charge in [-0.2, -0.15) is 0 Å². The number of nitrogens with zero attached hydrogens (tertiary/aromatic N) is 2. The van der Waals surface area contributed by atoms with Crippen molar-refractivity contribution in [2.45, 2.75) is 38.9 Å². The van der Waals surface area contributed by atoms with E-state index in [-0.39, 0.29) is 11.2 Å². The van der Waals surface area contributed by atoms with E-state index in [4.69, 9.17) is 0 Å². The topological polar surface area (TPSA) is 15.6 Å². The lowest BCUT2D eigenvalue weighted by Gasteiger charge is -2.35. The second-order valence-corrected chi connectivity index (χ2v) is 5.03. The first-order chi connectivity index (χ1) is 5.32. The number of thioether (sulfide) groups is 1. The van der Waals surface area contributed by atoms with E-state index < -0.39 is 0 Å². The zero-order valence-corrected chi connectivity index (χ0v) is 9.62. The average molecular weight is 186 g/mol. The minimum atomic E-state index is -0.0398. The summed E-state index contributed by atoms with van der Waals surface area (Å²) in [5.74, 6) is 0. The Morgan fingerprint density at radius 3 is 1.92 bits per heavy atom. The lowest BCUT2D eigenvalue weighted by atomic mass is 10.0. The predicted octanol–water partition coefficient (Wildman–Crippen LogP) is 2.21. The van der Waals surface area contributed by atoms with E-state index in [0.717, 1.165) is 0 Å². The molecule has 0 saturated heterocycles. The zero-order chi connectivity index (χ0) is 9.57. The van der Waals surface area contributed by atoms with Crippen LogP contribution in [0.1, 0.15) is 27.7 Å². The van der Waals surface area contributed by atoms with Crippen molar-refractivity contribution in [3.8, 4) is 0 Å². The molecule has 12 heavy (non-hydrogen) atoms. The summed E-state index contributed by atoms with van der Waals surface area (Å²) in [5, 5.41) is 1.23. The maximum absolute atomic E-state index is 4.68. The van der Waals surface area contributed by atoms with Gasteiger partial charge in [-0.25, -0.2) is 0 Å². The van der Waals surface area contributed by atoms with Crippen LogP contribution >= 0.6 is 11.8 Å². The van der Waals surface area contributed by atoms with Gasteiger partial charge in [0.2, 0.25) is 0 Å². The van der Waals surface area contributed by atoms with E-state index in [2.05, 4.69) is 50.9 Å². The summed E-state index contributed by atoms with van der Waals surface area (Å²) in [4.78, 5) is 6.99. The summed E-state index contributed by atoms with van der Waals surface area (Å²) in [7, 11) is 2.13. The molecule has 0 N–H and O–H groups in total. The fourth-order valence-corrected chi connectivity index (χ4v) is 2.53. The summed E-state index contributed by atoms with van der Waals surface area (Å²) in [6.07, 6.45) is 2.09. The Balaban J connectivity index is 3.03. The smallest absolute Gasteiger partial charge is 0.109 e. The molecule has 0 aromatic rings. The highest BCUT2D eigenvalue weighted by atomic mass is 32.2. The van der Waals surface area contributed by atoms with E-state index >= 15 is 0 Å². The molecule has 0 atom stereocenters. The van der Waals surface area contributed by atoms with E-state index in [0.29, 0.717) is 0 Å². The van der Waals surface area contributed by atoms with Crippen LogP contribution in [0.5, 0.6) is 0 Å². The molecule has 0 bridgehead atoms. The van der Waals surface area contributed by atoms with Crippen LogP contribution in [0.25, 0.3) is 0 Å². The Morgan fingerprint density at radius 1 is 1.25 bits per heavy atom. The van der Waals surface area contributed by atoms with Gasteiger partial charge in [0.1, 0.15) is 5.66 Å². The quantitative estimate of drug-likeness (QED) is 0.576. The van der Waals surface area contributed by atoms with Crippen molar-refractivity contribution >= 4 is 16.8 Å². The molecular weight excluding hydrogens is 168 g/mol. The number of rotatable bonds is 0. The maximum atomic E-state index is 4.68. The Labute approximate surface area is 79.4 Å². The highest BCUT2D eigenvalue weighted by Gasteiger charge is 2.44. The van der Waals surface area contributed by atoms with Crippen molar-refractivity contribution in [1.29, 1.82) is 0 Å². The van der Waals surface area contributed by atoms with Gasteiger partial charge in [-0.3, -0.25) is 9.89 Å². The minimum Gasteiger partial charge on any atom is -0.272 e. The molecular formula is C9H18N2S. The SMILES string of the molecule is CSC1=NC(C)(C)N(C)C1(C)C. The van der Waals surface area contributed by atoms with Crippen molar-refractivity contribution in [3.05, 3.63) is 0 Å².